The minimum atomic E-state index is -1.30. The van der Waals surface area contributed by atoms with Gasteiger partial charge in [-0.15, -0.1) is 0 Å². The number of aromatic nitrogens is 1. The number of benzene rings is 1. The van der Waals surface area contributed by atoms with Gasteiger partial charge in [0.1, 0.15) is 17.1 Å². The Bertz CT molecular complexity index is 1290. The first kappa shape index (κ1) is 21.6. The van der Waals surface area contributed by atoms with Crippen molar-refractivity contribution in [2.75, 3.05) is 37.6 Å². The highest BCUT2D eigenvalue weighted by Crippen LogP contribution is 2.38. The molecule has 5 rings (SSSR count). The van der Waals surface area contributed by atoms with E-state index in [1.165, 1.54) is 23.6 Å². The normalized spacial score (nSPS) is 17.6. The molecule has 172 valence electrons. The third-order valence-electron chi connectivity index (χ3n) is 6.33. The van der Waals surface area contributed by atoms with Crippen molar-refractivity contribution in [2.24, 2.45) is 5.16 Å². The van der Waals surface area contributed by atoms with Gasteiger partial charge in [-0.1, -0.05) is 5.16 Å². The molecule has 0 spiro atoms. The molecule has 1 aliphatic heterocycles. The number of oxime groups is 1. The summed E-state index contributed by atoms with van der Waals surface area (Å²) >= 11 is 1.54. The molecule has 1 saturated carbocycles. The van der Waals surface area contributed by atoms with Gasteiger partial charge in [0.2, 0.25) is 5.43 Å². The number of thiophene rings is 1. The van der Waals surface area contributed by atoms with E-state index in [0.29, 0.717) is 49.6 Å². The van der Waals surface area contributed by atoms with Crippen LogP contribution >= 0.6 is 11.3 Å². The molecule has 10 heteroatoms. The maximum Gasteiger partial charge on any atom is 0.341 e. The maximum absolute atomic E-state index is 15.1. The fourth-order valence-electron chi connectivity index (χ4n) is 4.38. The van der Waals surface area contributed by atoms with E-state index in [4.69, 9.17) is 0 Å². The van der Waals surface area contributed by atoms with Crippen molar-refractivity contribution in [2.45, 2.75) is 18.9 Å². The van der Waals surface area contributed by atoms with Crippen LogP contribution in [0.25, 0.3) is 10.9 Å². The van der Waals surface area contributed by atoms with Gasteiger partial charge in [0.05, 0.1) is 11.2 Å². The van der Waals surface area contributed by atoms with Gasteiger partial charge >= 0.3 is 5.97 Å². The molecule has 1 aliphatic carbocycles. The lowest BCUT2D eigenvalue weighted by atomic mass is 10.1. The van der Waals surface area contributed by atoms with Gasteiger partial charge in [-0.3, -0.25) is 9.69 Å². The van der Waals surface area contributed by atoms with E-state index in [1.807, 2.05) is 26.3 Å². The van der Waals surface area contributed by atoms with Crippen LogP contribution in [0.5, 0.6) is 0 Å². The van der Waals surface area contributed by atoms with Gasteiger partial charge in [-0.2, -0.15) is 11.3 Å². The number of carbonyl (C=O) groups is 1. The summed E-state index contributed by atoms with van der Waals surface area (Å²) in [7, 11) is 0. The molecule has 0 atom stereocenters. The summed E-state index contributed by atoms with van der Waals surface area (Å²) in [6.07, 6.45) is 3.20. The summed E-state index contributed by atoms with van der Waals surface area (Å²) in [5.74, 6) is -1.83. The fraction of sp³-hybridized carbons (Fsp3) is 0.348. The Kier molecular flexibility index (Phi) is 5.63. The van der Waals surface area contributed by atoms with Crippen molar-refractivity contribution in [3.63, 3.8) is 0 Å². The zero-order chi connectivity index (χ0) is 23.1. The van der Waals surface area contributed by atoms with Crippen LogP contribution in [0.4, 0.5) is 10.1 Å². The summed E-state index contributed by atoms with van der Waals surface area (Å²) in [6, 6.07) is 4.90. The number of piperazine rings is 1. The molecule has 2 N–H and O–H groups in total. The van der Waals surface area contributed by atoms with Gasteiger partial charge in [0, 0.05) is 55.9 Å². The number of fused-ring (bicyclic) bond motifs is 1. The molecule has 2 aromatic heterocycles. The van der Waals surface area contributed by atoms with Crippen LogP contribution in [0.2, 0.25) is 0 Å². The van der Waals surface area contributed by atoms with Crippen molar-refractivity contribution < 1.29 is 19.5 Å². The molecule has 0 bridgehead atoms. The predicted molar refractivity (Wildman–Crippen MR) is 125 cm³/mol. The van der Waals surface area contributed by atoms with Crippen LogP contribution < -0.4 is 10.3 Å². The summed E-state index contributed by atoms with van der Waals surface area (Å²) in [4.78, 5) is 28.3. The van der Waals surface area contributed by atoms with E-state index in [0.717, 1.165) is 18.4 Å². The van der Waals surface area contributed by atoms with E-state index in [-0.39, 0.29) is 17.0 Å². The van der Waals surface area contributed by atoms with Gasteiger partial charge in [0.15, 0.2) is 0 Å². The zero-order valence-electron chi connectivity index (χ0n) is 17.8. The molecule has 8 nitrogen and oxygen atoms in total. The van der Waals surface area contributed by atoms with Crippen LogP contribution in [-0.4, -0.2) is 64.2 Å². The standard InChI is InChI=1S/C23H23FN4O4S/c24-18-9-16-20(28(15-1-2-15)11-17(22(16)29)23(30)31)10-21(18)27-6-4-26(5-7-27)12-19(25-32)14-3-8-33-13-14/h3,8-11,13,15,32H,1-2,4-7,12H2,(H,30,31)/b25-19-. The Hall–Kier alpha value is -3.24. The molecule has 1 saturated heterocycles. The fourth-order valence-corrected chi connectivity index (χ4v) is 5.04. The summed E-state index contributed by atoms with van der Waals surface area (Å²) in [5, 5.41) is 26.2. The number of aromatic carboxylic acids is 1. The second kappa shape index (κ2) is 8.60. The van der Waals surface area contributed by atoms with Gasteiger partial charge < -0.3 is 19.8 Å². The Morgan fingerprint density at radius 2 is 1.97 bits per heavy atom. The number of rotatable bonds is 6. The lowest BCUT2D eigenvalue weighted by Crippen LogP contribution is -2.48. The molecular formula is C23H23FN4O4S. The number of nitrogens with zero attached hydrogens (tertiary/aromatic N) is 4. The lowest BCUT2D eigenvalue weighted by Gasteiger charge is -2.36. The predicted octanol–water partition coefficient (Wildman–Crippen LogP) is 3.24. The second-order valence-corrected chi connectivity index (χ2v) is 9.24. The first-order valence-electron chi connectivity index (χ1n) is 10.8. The van der Waals surface area contributed by atoms with Gasteiger partial charge in [-0.05, 0) is 41.8 Å². The van der Waals surface area contributed by atoms with E-state index in [2.05, 4.69) is 10.1 Å². The number of carboxylic acids is 1. The summed E-state index contributed by atoms with van der Waals surface area (Å²) in [6.45, 7) is 2.97. The van der Waals surface area contributed by atoms with E-state index >= 15 is 4.39 Å². The number of pyridine rings is 1. The highest BCUT2D eigenvalue weighted by Gasteiger charge is 2.28. The molecule has 3 heterocycles. The first-order valence-corrected chi connectivity index (χ1v) is 11.7. The average molecular weight is 471 g/mol. The third-order valence-corrected chi connectivity index (χ3v) is 7.02. The molecule has 3 aromatic rings. The molecule has 2 fully saturated rings. The molecular weight excluding hydrogens is 447 g/mol. The van der Waals surface area contributed by atoms with Gasteiger partial charge in [0.25, 0.3) is 0 Å². The molecule has 0 unspecified atom stereocenters. The van der Waals surface area contributed by atoms with Gasteiger partial charge in [-0.25, -0.2) is 9.18 Å². The monoisotopic (exact) mass is 470 g/mol. The van der Waals surface area contributed by atoms with Crippen molar-refractivity contribution in [1.82, 2.24) is 9.47 Å². The van der Waals surface area contributed by atoms with Crippen molar-refractivity contribution in [3.05, 3.63) is 62.3 Å². The Balaban J connectivity index is 1.40. The van der Waals surface area contributed by atoms with Crippen LogP contribution in [-0.2, 0) is 0 Å². The molecule has 2 aliphatic rings. The molecule has 0 radical (unpaired) electrons. The Morgan fingerprint density at radius 3 is 2.58 bits per heavy atom. The highest BCUT2D eigenvalue weighted by molar-refractivity contribution is 7.08. The third kappa shape index (κ3) is 4.11. The first-order chi connectivity index (χ1) is 16.0. The molecule has 33 heavy (non-hydrogen) atoms. The van der Waals surface area contributed by atoms with E-state index in [1.54, 1.807) is 6.07 Å². The van der Waals surface area contributed by atoms with E-state index < -0.39 is 17.2 Å². The lowest BCUT2D eigenvalue weighted by molar-refractivity contribution is 0.0695. The SMILES string of the molecule is O=C(O)c1cn(C2CC2)c2cc(N3CCN(C/C(=N/O)c4ccsc4)CC3)c(F)cc2c1=O. The summed E-state index contributed by atoms with van der Waals surface area (Å²) in [5.41, 5.74) is 1.48. The molecule has 0 amide bonds. The van der Waals surface area contributed by atoms with Crippen LogP contribution in [0.15, 0.2) is 45.1 Å². The van der Waals surface area contributed by atoms with Crippen LogP contribution in [0, 0.1) is 5.82 Å². The summed E-state index contributed by atoms with van der Waals surface area (Å²) < 4.78 is 16.9. The number of anilines is 1. The largest absolute Gasteiger partial charge is 0.477 e. The van der Waals surface area contributed by atoms with E-state index in [9.17, 15) is 19.9 Å². The highest BCUT2D eigenvalue weighted by atomic mass is 32.1. The zero-order valence-corrected chi connectivity index (χ0v) is 18.6. The van der Waals surface area contributed by atoms with Crippen molar-refractivity contribution in [1.29, 1.82) is 0 Å². The average Bonchev–Trinajstić information content (AvgIpc) is 3.51. The van der Waals surface area contributed by atoms with Crippen molar-refractivity contribution in [3.8, 4) is 0 Å². The Labute approximate surface area is 192 Å². The quantitative estimate of drug-likeness (QED) is 0.326. The number of carboxylic acid groups (broad SMARTS) is 1. The molecule has 1 aromatic carbocycles. The topological polar surface area (TPSA) is 98.4 Å². The Morgan fingerprint density at radius 1 is 1.21 bits per heavy atom. The minimum Gasteiger partial charge on any atom is -0.477 e. The number of hydrogen-bond donors (Lipinski definition) is 2. The maximum atomic E-state index is 15.1. The number of hydrogen-bond acceptors (Lipinski definition) is 7. The smallest absolute Gasteiger partial charge is 0.341 e. The minimum absolute atomic E-state index is 0.0984. The number of halogens is 1. The second-order valence-electron chi connectivity index (χ2n) is 8.46. The van der Waals surface area contributed by atoms with Crippen LogP contribution in [0.3, 0.4) is 0 Å². The van der Waals surface area contributed by atoms with Crippen LogP contribution in [0.1, 0.15) is 34.8 Å². The van der Waals surface area contributed by atoms with Crippen molar-refractivity contribution >= 4 is 39.6 Å².